The molecule has 0 radical (unpaired) electrons. The summed E-state index contributed by atoms with van der Waals surface area (Å²) < 4.78 is 5.35. The lowest BCUT2D eigenvalue weighted by molar-refractivity contribution is -0.156. The van der Waals surface area contributed by atoms with Crippen LogP contribution in [0.4, 0.5) is 23.5 Å². The Bertz CT molecular complexity index is 1780. The molecule has 2 saturated heterocycles. The SMILES string of the molecule is CC(C)(C)OC(=O)CC1CN(c2nnc(-c3cccc(Cl)c3Cl)c(N)n2)C1.Nc1nc(N2CC(N)C2)nnc1-c1cccc(Cl)c1Cl. The van der Waals surface area contributed by atoms with Crippen LogP contribution in [0.5, 0.6) is 0 Å². The lowest BCUT2D eigenvalue weighted by Gasteiger charge is -2.38. The average molecular weight is 721 g/mol. The number of anilines is 4. The first-order chi connectivity index (χ1) is 22.2. The molecule has 0 unspecified atom stereocenters. The summed E-state index contributed by atoms with van der Waals surface area (Å²) in [7, 11) is 0. The van der Waals surface area contributed by atoms with Crippen LogP contribution in [0.15, 0.2) is 36.4 Å². The zero-order valence-electron chi connectivity index (χ0n) is 25.8. The van der Waals surface area contributed by atoms with Crippen molar-refractivity contribution in [2.75, 3.05) is 47.4 Å². The van der Waals surface area contributed by atoms with Gasteiger partial charge < -0.3 is 31.7 Å². The fourth-order valence-electron chi connectivity index (χ4n) is 4.84. The molecule has 4 heterocycles. The van der Waals surface area contributed by atoms with Gasteiger partial charge in [-0.05, 0) is 32.9 Å². The second kappa shape index (κ2) is 14.2. The van der Waals surface area contributed by atoms with Crippen LogP contribution < -0.4 is 27.0 Å². The summed E-state index contributed by atoms with van der Waals surface area (Å²) in [4.78, 5) is 24.3. The Kier molecular flexibility index (Phi) is 10.4. The number of hydrogen-bond donors (Lipinski definition) is 3. The van der Waals surface area contributed by atoms with Gasteiger partial charge >= 0.3 is 5.97 Å². The van der Waals surface area contributed by atoms with Crippen molar-refractivity contribution < 1.29 is 9.53 Å². The van der Waals surface area contributed by atoms with Crippen LogP contribution in [0.2, 0.25) is 20.1 Å². The van der Waals surface area contributed by atoms with Crippen molar-refractivity contribution >= 4 is 75.9 Å². The van der Waals surface area contributed by atoms with Crippen LogP contribution in [0, 0.1) is 5.92 Å². The molecule has 6 N–H and O–H groups in total. The molecule has 0 aliphatic carbocycles. The molecule has 0 spiro atoms. The molecule has 2 aliphatic rings. The Morgan fingerprint density at radius 3 is 1.64 bits per heavy atom. The van der Waals surface area contributed by atoms with E-state index in [0.717, 1.165) is 0 Å². The van der Waals surface area contributed by atoms with E-state index in [9.17, 15) is 4.79 Å². The number of benzene rings is 2. The largest absolute Gasteiger partial charge is 0.460 e. The highest BCUT2D eigenvalue weighted by atomic mass is 35.5. The van der Waals surface area contributed by atoms with Crippen LogP contribution in [0.3, 0.4) is 0 Å². The minimum atomic E-state index is -0.473. The number of carbonyl (C=O) groups is 1. The van der Waals surface area contributed by atoms with E-state index in [4.69, 9.17) is 68.3 Å². The number of nitrogens with two attached hydrogens (primary N) is 3. The second-order valence-corrected chi connectivity index (χ2v) is 13.7. The standard InChI is InChI=1S/C18H21Cl2N5O2.C12H12Cl2N6/c1-18(2,3)27-13(26)7-10-8-25(9-10)17-22-16(21)15(23-24-17)11-5-4-6-12(19)14(11)20;13-8-3-1-2-7(9(8)14)10-11(16)17-12(19-18-10)20-4-6(15)5-20/h4-6,10H,7-9H2,1-3H3,(H2,21,22,24);1-3,6H,4-5,15H2,(H2,16,17,19). The summed E-state index contributed by atoms with van der Waals surface area (Å²) in [6.45, 7) is 8.28. The average Bonchev–Trinajstić information content (AvgIpc) is 2.96. The molecule has 2 fully saturated rings. The van der Waals surface area contributed by atoms with Gasteiger partial charge in [-0.25, -0.2) is 0 Å². The maximum absolute atomic E-state index is 11.9. The highest BCUT2D eigenvalue weighted by molar-refractivity contribution is 6.44. The highest BCUT2D eigenvalue weighted by Crippen LogP contribution is 2.36. The monoisotopic (exact) mass is 719 g/mol. The van der Waals surface area contributed by atoms with Gasteiger partial charge in [0.25, 0.3) is 0 Å². The van der Waals surface area contributed by atoms with Gasteiger partial charge in [0.1, 0.15) is 17.0 Å². The number of esters is 1. The molecule has 47 heavy (non-hydrogen) atoms. The molecule has 0 atom stereocenters. The van der Waals surface area contributed by atoms with Crippen LogP contribution in [0.1, 0.15) is 27.2 Å². The van der Waals surface area contributed by atoms with Crippen molar-refractivity contribution in [2.45, 2.75) is 38.8 Å². The molecular weight excluding hydrogens is 688 g/mol. The van der Waals surface area contributed by atoms with Gasteiger partial charge in [0.15, 0.2) is 11.6 Å². The fourth-order valence-corrected chi connectivity index (χ4v) is 5.62. The van der Waals surface area contributed by atoms with Gasteiger partial charge in [-0.3, -0.25) is 4.79 Å². The first-order valence-corrected chi connectivity index (χ1v) is 16.1. The van der Waals surface area contributed by atoms with Crippen molar-refractivity contribution in [1.82, 2.24) is 30.4 Å². The van der Waals surface area contributed by atoms with Crippen molar-refractivity contribution in [3.63, 3.8) is 0 Å². The van der Waals surface area contributed by atoms with Crippen LogP contribution in [-0.4, -0.2) is 74.2 Å². The van der Waals surface area contributed by atoms with E-state index in [2.05, 4.69) is 30.4 Å². The maximum Gasteiger partial charge on any atom is 0.306 e. The third-order valence-electron chi connectivity index (χ3n) is 7.13. The van der Waals surface area contributed by atoms with Gasteiger partial charge in [-0.2, -0.15) is 9.97 Å². The predicted molar refractivity (Wildman–Crippen MR) is 186 cm³/mol. The number of nitrogen functional groups attached to an aromatic ring is 2. The van der Waals surface area contributed by atoms with E-state index in [1.807, 2.05) is 30.6 Å². The van der Waals surface area contributed by atoms with E-state index >= 15 is 0 Å². The lowest BCUT2D eigenvalue weighted by Crippen LogP contribution is -2.56. The molecule has 17 heteroatoms. The molecule has 2 aliphatic heterocycles. The third kappa shape index (κ3) is 8.22. The van der Waals surface area contributed by atoms with Gasteiger partial charge in [-0.15, -0.1) is 20.4 Å². The summed E-state index contributed by atoms with van der Waals surface area (Å²) in [5, 5.41) is 18.1. The maximum atomic E-state index is 11.9. The molecule has 0 bridgehead atoms. The van der Waals surface area contributed by atoms with Crippen LogP contribution in [0.25, 0.3) is 22.5 Å². The van der Waals surface area contributed by atoms with E-state index in [1.54, 1.807) is 36.4 Å². The number of carbonyl (C=O) groups excluding carboxylic acids is 1. The highest BCUT2D eigenvalue weighted by Gasteiger charge is 2.33. The van der Waals surface area contributed by atoms with Gasteiger partial charge in [-0.1, -0.05) is 70.7 Å². The number of hydrogen-bond acceptors (Lipinski definition) is 13. The van der Waals surface area contributed by atoms with Gasteiger partial charge in [0.05, 0.1) is 26.5 Å². The Morgan fingerprint density at radius 1 is 0.787 bits per heavy atom. The third-order valence-corrected chi connectivity index (χ3v) is 8.76. The second-order valence-electron chi connectivity index (χ2n) is 12.1. The number of nitrogens with zero attached hydrogens (tertiary/aromatic N) is 8. The molecule has 13 nitrogen and oxygen atoms in total. The molecular formula is C30H33Cl4N11O2. The molecule has 0 saturated carbocycles. The van der Waals surface area contributed by atoms with E-state index < -0.39 is 5.60 Å². The van der Waals surface area contributed by atoms with Crippen molar-refractivity contribution in [3.8, 4) is 22.5 Å². The smallest absolute Gasteiger partial charge is 0.306 e. The quantitative estimate of drug-likeness (QED) is 0.222. The summed E-state index contributed by atoms with van der Waals surface area (Å²) in [6, 6.07) is 10.6. The normalized spacial score (nSPS) is 15.0. The molecule has 2 aromatic heterocycles. The summed E-state index contributed by atoms with van der Waals surface area (Å²) in [5.74, 6) is 1.39. The first-order valence-electron chi connectivity index (χ1n) is 14.6. The topological polar surface area (TPSA) is 188 Å². The van der Waals surface area contributed by atoms with Crippen LogP contribution in [-0.2, 0) is 9.53 Å². The fraction of sp³-hybridized carbons (Fsp3) is 0.367. The van der Waals surface area contributed by atoms with Gasteiger partial charge in [0.2, 0.25) is 11.9 Å². The zero-order chi connectivity index (χ0) is 34.0. The molecule has 6 rings (SSSR count). The predicted octanol–water partition coefficient (Wildman–Crippen LogP) is 5.17. The van der Waals surface area contributed by atoms with Crippen LogP contribution >= 0.6 is 46.4 Å². The number of halogens is 4. The zero-order valence-corrected chi connectivity index (χ0v) is 28.8. The van der Waals surface area contributed by atoms with Gasteiger partial charge in [0, 0.05) is 49.3 Å². The Morgan fingerprint density at radius 2 is 1.23 bits per heavy atom. The van der Waals surface area contributed by atoms with Crippen molar-refractivity contribution in [3.05, 3.63) is 56.5 Å². The Hall–Kier alpha value is -3.75. The van der Waals surface area contributed by atoms with Crippen molar-refractivity contribution in [1.29, 1.82) is 0 Å². The molecule has 2 aromatic carbocycles. The Balaban J connectivity index is 0.000000193. The van der Waals surface area contributed by atoms with E-state index in [1.165, 1.54) is 0 Å². The van der Waals surface area contributed by atoms with E-state index in [0.29, 0.717) is 87.1 Å². The minimum absolute atomic E-state index is 0.155. The number of aromatic nitrogens is 6. The Labute approximate surface area is 291 Å². The molecule has 0 amide bonds. The summed E-state index contributed by atoms with van der Waals surface area (Å²) >= 11 is 24.4. The minimum Gasteiger partial charge on any atom is -0.460 e. The number of rotatable bonds is 6. The van der Waals surface area contributed by atoms with E-state index in [-0.39, 0.29) is 29.6 Å². The first kappa shape index (κ1) is 34.6. The van der Waals surface area contributed by atoms with Crippen molar-refractivity contribution in [2.24, 2.45) is 11.7 Å². The summed E-state index contributed by atoms with van der Waals surface area (Å²) in [6.07, 6.45) is 0.368. The molecule has 248 valence electrons. The molecule has 4 aromatic rings. The summed E-state index contributed by atoms with van der Waals surface area (Å²) in [5.41, 5.74) is 19.3. The lowest BCUT2D eigenvalue weighted by atomic mass is 9.97. The number of ether oxygens (including phenoxy) is 1.